The van der Waals surface area contributed by atoms with Crippen LogP contribution in [-0.4, -0.2) is 39.2 Å². The predicted octanol–water partition coefficient (Wildman–Crippen LogP) is 4.32. The average Bonchev–Trinajstić information content (AvgIpc) is 2.93. The van der Waals surface area contributed by atoms with E-state index in [1.165, 1.54) is 17.4 Å². The maximum absolute atomic E-state index is 12.7. The number of phenolic OH excluding ortho intramolecular Hbond substituents is 1. The Morgan fingerprint density at radius 2 is 2.04 bits per heavy atom. The molecule has 0 aromatic heterocycles. The van der Waals surface area contributed by atoms with Crippen molar-refractivity contribution < 1.29 is 24.4 Å². The molecule has 9 heteroatoms. The summed E-state index contributed by atoms with van der Waals surface area (Å²) in [5.41, 5.74) is -0.199. The van der Waals surface area contributed by atoms with Gasteiger partial charge in [0, 0.05) is 18.2 Å². The summed E-state index contributed by atoms with van der Waals surface area (Å²) in [4.78, 5) is 37.0. The first-order valence-corrected chi connectivity index (χ1v) is 10.1. The van der Waals surface area contributed by atoms with Crippen molar-refractivity contribution in [1.82, 2.24) is 4.90 Å². The van der Waals surface area contributed by atoms with Gasteiger partial charge in [0.2, 0.25) is 0 Å². The van der Waals surface area contributed by atoms with Gasteiger partial charge in [0.05, 0.1) is 22.5 Å². The van der Waals surface area contributed by atoms with E-state index in [0.717, 1.165) is 49.6 Å². The fraction of sp³-hybridized carbons (Fsp3) is 0.474. The van der Waals surface area contributed by atoms with Crippen LogP contribution in [0.25, 0.3) is 6.08 Å². The Bertz CT molecular complexity index is 832. The zero-order valence-electron chi connectivity index (χ0n) is 15.6. The van der Waals surface area contributed by atoms with E-state index in [1.54, 1.807) is 6.92 Å². The Morgan fingerprint density at radius 3 is 2.68 bits per heavy atom. The Hall–Kier alpha value is -2.55. The molecule has 1 aliphatic heterocycles. The first-order valence-electron chi connectivity index (χ1n) is 9.30. The molecular weight excluding hydrogens is 384 g/mol. The molecule has 1 saturated heterocycles. The van der Waals surface area contributed by atoms with Gasteiger partial charge in [-0.3, -0.25) is 24.6 Å². The number of rotatable bonds is 6. The molecule has 0 unspecified atom stereocenters. The second-order valence-electron chi connectivity index (χ2n) is 6.87. The van der Waals surface area contributed by atoms with Crippen molar-refractivity contribution in [2.45, 2.75) is 39.0 Å². The minimum Gasteiger partial charge on any atom is -0.504 e. The number of ether oxygens (including phenoxy) is 1. The minimum atomic E-state index is -0.603. The number of hydrogen-bond donors (Lipinski definition) is 1. The molecule has 1 heterocycles. The average molecular weight is 406 g/mol. The quantitative estimate of drug-likeness (QED) is 0.426. The number of thioether (sulfide) groups is 1. The number of phenols is 1. The van der Waals surface area contributed by atoms with Crippen molar-refractivity contribution in [3.05, 3.63) is 32.7 Å². The normalized spacial score (nSPS) is 19.5. The fourth-order valence-corrected chi connectivity index (χ4v) is 4.36. The number of nitro groups is 1. The zero-order chi connectivity index (χ0) is 20.3. The largest absolute Gasteiger partial charge is 0.504 e. The second kappa shape index (κ2) is 8.64. The molecule has 0 bridgehead atoms. The maximum atomic E-state index is 12.7. The Morgan fingerprint density at radius 1 is 1.32 bits per heavy atom. The molecule has 2 aliphatic rings. The van der Waals surface area contributed by atoms with Crippen LogP contribution in [0.15, 0.2) is 17.0 Å². The lowest BCUT2D eigenvalue weighted by Crippen LogP contribution is -2.34. The number of hydrogen-bond acceptors (Lipinski definition) is 7. The van der Waals surface area contributed by atoms with Crippen molar-refractivity contribution in [1.29, 1.82) is 0 Å². The highest BCUT2D eigenvalue weighted by Gasteiger charge is 2.37. The van der Waals surface area contributed by atoms with E-state index in [4.69, 9.17) is 4.74 Å². The summed E-state index contributed by atoms with van der Waals surface area (Å²) >= 11 is 0.784. The highest BCUT2D eigenvalue weighted by molar-refractivity contribution is 8.18. The molecular formula is C19H22N2O6S. The number of carbonyl (C=O) groups excluding carboxylic acids is 2. The van der Waals surface area contributed by atoms with E-state index in [2.05, 4.69) is 0 Å². The van der Waals surface area contributed by atoms with E-state index < -0.39 is 10.8 Å². The number of amides is 2. The van der Waals surface area contributed by atoms with Gasteiger partial charge in [-0.1, -0.05) is 19.3 Å². The van der Waals surface area contributed by atoms with Gasteiger partial charge in [-0.25, -0.2) is 0 Å². The van der Waals surface area contributed by atoms with Gasteiger partial charge in [0.15, 0.2) is 11.5 Å². The smallest absolute Gasteiger partial charge is 0.293 e. The van der Waals surface area contributed by atoms with Gasteiger partial charge < -0.3 is 9.84 Å². The third-order valence-corrected chi connectivity index (χ3v) is 5.83. The minimum absolute atomic E-state index is 0.0376. The third-order valence-electron chi connectivity index (χ3n) is 4.93. The van der Waals surface area contributed by atoms with Gasteiger partial charge in [0.1, 0.15) is 0 Å². The summed E-state index contributed by atoms with van der Waals surface area (Å²) < 4.78 is 5.25. The lowest BCUT2D eigenvalue weighted by molar-refractivity contribution is -0.385. The van der Waals surface area contributed by atoms with Crippen LogP contribution >= 0.6 is 11.8 Å². The van der Waals surface area contributed by atoms with Gasteiger partial charge in [-0.2, -0.15) is 0 Å². The van der Waals surface area contributed by atoms with E-state index >= 15 is 0 Å². The van der Waals surface area contributed by atoms with Crippen molar-refractivity contribution >= 4 is 34.7 Å². The monoisotopic (exact) mass is 406 g/mol. The molecule has 1 N–H and O–H groups in total. The number of non-ortho nitro benzene ring substituents is 1. The molecule has 8 nitrogen and oxygen atoms in total. The molecule has 1 saturated carbocycles. The summed E-state index contributed by atoms with van der Waals surface area (Å²) in [6, 6.07) is 2.29. The molecule has 0 atom stereocenters. The number of imide groups is 1. The number of benzene rings is 1. The Kier molecular flexibility index (Phi) is 6.23. The van der Waals surface area contributed by atoms with Crippen LogP contribution in [0.5, 0.6) is 11.5 Å². The Labute approximate surface area is 166 Å². The Balaban J connectivity index is 1.87. The van der Waals surface area contributed by atoms with Crippen molar-refractivity contribution in [3.8, 4) is 11.5 Å². The molecule has 1 aliphatic carbocycles. The van der Waals surface area contributed by atoms with Gasteiger partial charge in [-0.05, 0) is 43.5 Å². The van der Waals surface area contributed by atoms with Crippen LogP contribution in [-0.2, 0) is 4.79 Å². The standard InChI is InChI=1S/C19H22N2O6S/c1-2-27-15-10-14(21(25)26)8-13(17(15)22)9-16-18(23)20(19(24)28-16)11-12-6-4-3-5-7-12/h8-10,12,22H,2-7,11H2,1H3/b16-9+. The SMILES string of the molecule is CCOc1cc([N+](=O)[O-])cc(/C=C2/SC(=O)N(CC3CCCCC3)C2=O)c1O. The molecule has 2 amide bonds. The van der Waals surface area contributed by atoms with E-state index in [9.17, 15) is 24.8 Å². The third kappa shape index (κ3) is 4.30. The van der Waals surface area contributed by atoms with E-state index in [-0.39, 0.29) is 39.5 Å². The highest BCUT2D eigenvalue weighted by atomic mass is 32.2. The fourth-order valence-electron chi connectivity index (χ4n) is 3.52. The van der Waals surface area contributed by atoms with Crippen LogP contribution in [0.4, 0.5) is 10.5 Å². The highest BCUT2D eigenvalue weighted by Crippen LogP contribution is 2.40. The summed E-state index contributed by atoms with van der Waals surface area (Å²) in [5, 5.41) is 21.2. The van der Waals surface area contributed by atoms with Gasteiger partial charge in [0.25, 0.3) is 16.8 Å². The van der Waals surface area contributed by atoms with Crippen molar-refractivity contribution in [3.63, 3.8) is 0 Å². The molecule has 28 heavy (non-hydrogen) atoms. The van der Waals surface area contributed by atoms with E-state index in [0.29, 0.717) is 12.5 Å². The van der Waals surface area contributed by atoms with Gasteiger partial charge >= 0.3 is 0 Å². The summed E-state index contributed by atoms with van der Waals surface area (Å²) in [6.07, 6.45) is 6.73. The second-order valence-corrected chi connectivity index (χ2v) is 7.86. The van der Waals surface area contributed by atoms with Crippen LogP contribution < -0.4 is 4.74 Å². The van der Waals surface area contributed by atoms with E-state index in [1.807, 2.05) is 0 Å². The number of nitrogens with zero attached hydrogens (tertiary/aromatic N) is 2. The number of aromatic hydroxyl groups is 1. The number of carbonyl (C=O) groups is 2. The van der Waals surface area contributed by atoms with Crippen LogP contribution in [0, 0.1) is 16.0 Å². The molecule has 0 spiro atoms. The topological polar surface area (TPSA) is 110 Å². The molecule has 1 aromatic rings. The van der Waals surface area contributed by atoms with Crippen LogP contribution in [0.1, 0.15) is 44.6 Å². The molecule has 2 fully saturated rings. The van der Waals surface area contributed by atoms with Crippen molar-refractivity contribution in [2.75, 3.05) is 13.2 Å². The first kappa shape index (κ1) is 20.2. The van der Waals surface area contributed by atoms with Crippen LogP contribution in [0.2, 0.25) is 0 Å². The molecule has 3 rings (SSSR count). The van der Waals surface area contributed by atoms with Crippen molar-refractivity contribution in [2.24, 2.45) is 5.92 Å². The molecule has 1 aromatic carbocycles. The number of nitro benzene ring substituents is 1. The lowest BCUT2D eigenvalue weighted by Gasteiger charge is -2.25. The van der Waals surface area contributed by atoms with Gasteiger partial charge in [-0.15, -0.1) is 0 Å². The molecule has 0 radical (unpaired) electrons. The first-order chi connectivity index (χ1) is 13.4. The maximum Gasteiger partial charge on any atom is 0.293 e. The summed E-state index contributed by atoms with van der Waals surface area (Å²) in [6.45, 7) is 2.30. The zero-order valence-corrected chi connectivity index (χ0v) is 16.4. The predicted molar refractivity (Wildman–Crippen MR) is 105 cm³/mol. The molecule has 150 valence electrons. The van der Waals surface area contributed by atoms with Crippen LogP contribution in [0.3, 0.4) is 0 Å². The summed E-state index contributed by atoms with van der Waals surface area (Å²) in [7, 11) is 0. The lowest BCUT2D eigenvalue weighted by atomic mass is 9.89. The summed E-state index contributed by atoms with van der Waals surface area (Å²) in [5.74, 6) is -0.447.